The summed E-state index contributed by atoms with van der Waals surface area (Å²) in [6.07, 6.45) is 3.58. The van der Waals surface area contributed by atoms with Crippen molar-refractivity contribution < 1.29 is 4.39 Å². The van der Waals surface area contributed by atoms with Gasteiger partial charge in [0.25, 0.3) is 0 Å². The Balaban J connectivity index is 2.04. The van der Waals surface area contributed by atoms with Crippen LogP contribution in [0.1, 0.15) is 52.5 Å². The van der Waals surface area contributed by atoms with Crippen molar-refractivity contribution in [2.45, 2.75) is 59.0 Å². The van der Waals surface area contributed by atoms with Gasteiger partial charge in [-0.1, -0.05) is 13.0 Å². The van der Waals surface area contributed by atoms with Gasteiger partial charge < -0.3 is 10.2 Å². The Morgan fingerprint density at radius 1 is 1.24 bits per heavy atom. The maximum atomic E-state index is 14.4. The van der Waals surface area contributed by atoms with Gasteiger partial charge in [0.1, 0.15) is 5.82 Å². The molecular formula is C18H29FN2. The van der Waals surface area contributed by atoms with Gasteiger partial charge in [0.2, 0.25) is 0 Å². The van der Waals surface area contributed by atoms with E-state index in [0.29, 0.717) is 6.54 Å². The molecule has 0 spiro atoms. The Bertz CT molecular complexity index is 465. The van der Waals surface area contributed by atoms with Gasteiger partial charge in [-0.05, 0) is 63.6 Å². The van der Waals surface area contributed by atoms with Crippen molar-refractivity contribution in [3.8, 4) is 0 Å². The third-order valence-corrected chi connectivity index (χ3v) is 4.19. The molecule has 118 valence electrons. The second-order valence-corrected chi connectivity index (χ2v) is 7.41. The molecule has 2 nitrogen and oxygen atoms in total. The molecule has 1 saturated heterocycles. The summed E-state index contributed by atoms with van der Waals surface area (Å²) in [6, 6.07) is 5.68. The van der Waals surface area contributed by atoms with Gasteiger partial charge in [0.05, 0.1) is 5.69 Å². The van der Waals surface area contributed by atoms with Gasteiger partial charge in [0.15, 0.2) is 0 Å². The molecule has 1 heterocycles. The van der Waals surface area contributed by atoms with E-state index in [4.69, 9.17) is 0 Å². The number of rotatable bonds is 3. The lowest BCUT2D eigenvalue weighted by molar-refractivity contribution is 0.423. The molecule has 1 aliphatic rings. The molecule has 0 amide bonds. The fourth-order valence-corrected chi connectivity index (χ4v) is 2.79. The van der Waals surface area contributed by atoms with Gasteiger partial charge >= 0.3 is 0 Å². The minimum atomic E-state index is -0.0854. The minimum Gasteiger partial charge on any atom is -0.369 e. The molecule has 2 rings (SSSR count). The molecule has 1 N–H and O–H groups in total. The van der Waals surface area contributed by atoms with E-state index in [1.165, 1.54) is 6.42 Å². The normalized spacial score (nSPS) is 20.4. The molecular weight excluding hydrogens is 263 g/mol. The summed E-state index contributed by atoms with van der Waals surface area (Å²) in [7, 11) is 0. The van der Waals surface area contributed by atoms with E-state index in [1.807, 2.05) is 12.1 Å². The maximum Gasteiger partial charge on any atom is 0.146 e. The van der Waals surface area contributed by atoms with Gasteiger partial charge in [-0.2, -0.15) is 0 Å². The number of anilines is 1. The minimum absolute atomic E-state index is 0.0517. The zero-order valence-corrected chi connectivity index (χ0v) is 13.9. The largest absolute Gasteiger partial charge is 0.369 e. The van der Waals surface area contributed by atoms with Crippen LogP contribution in [0.3, 0.4) is 0 Å². The number of nitrogens with one attached hydrogen (secondary N) is 1. The second-order valence-electron chi connectivity index (χ2n) is 7.41. The van der Waals surface area contributed by atoms with E-state index in [1.54, 1.807) is 6.07 Å². The van der Waals surface area contributed by atoms with Crippen molar-refractivity contribution in [3.05, 3.63) is 29.6 Å². The SMILES string of the molecule is CC1CCCN(c2ccc(CNC(C)(C)C)cc2F)CC1. The molecule has 1 atom stereocenters. The van der Waals surface area contributed by atoms with Crippen LogP contribution in [0.5, 0.6) is 0 Å². The smallest absolute Gasteiger partial charge is 0.146 e. The highest BCUT2D eigenvalue weighted by atomic mass is 19.1. The average Bonchev–Trinajstić information content (AvgIpc) is 2.61. The van der Waals surface area contributed by atoms with Crippen LogP contribution in [-0.4, -0.2) is 18.6 Å². The van der Waals surface area contributed by atoms with Crippen LogP contribution in [0.15, 0.2) is 18.2 Å². The Labute approximate surface area is 128 Å². The summed E-state index contributed by atoms with van der Waals surface area (Å²) in [6.45, 7) is 11.3. The van der Waals surface area contributed by atoms with Crippen molar-refractivity contribution in [1.82, 2.24) is 5.32 Å². The lowest BCUT2D eigenvalue weighted by Gasteiger charge is -2.24. The Hall–Kier alpha value is -1.09. The summed E-state index contributed by atoms with van der Waals surface area (Å²) in [5, 5.41) is 3.40. The molecule has 0 bridgehead atoms. The Kier molecular flexibility index (Phi) is 5.26. The summed E-state index contributed by atoms with van der Waals surface area (Å²) in [4.78, 5) is 2.21. The third-order valence-electron chi connectivity index (χ3n) is 4.19. The molecule has 1 fully saturated rings. The van der Waals surface area contributed by atoms with Crippen molar-refractivity contribution in [2.75, 3.05) is 18.0 Å². The topological polar surface area (TPSA) is 15.3 Å². The van der Waals surface area contributed by atoms with Crippen LogP contribution in [-0.2, 0) is 6.54 Å². The van der Waals surface area contributed by atoms with E-state index in [0.717, 1.165) is 43.1 Å². The molecule has 1 unspecified atom stereocenters. The highest BCUT2D eigenvalue weighted by Gasteiger charge is 2.17. The standard InChI is InChI=1S/C18H29FN2/c1-14-6-5-10-21(11-9-14)17-8-7-15(12-16(17)19)13-20-18(2,3)4/h7-8,12,14,20H,5-6,9-11,13H2,1-4H3. The third kappa shape index (κ3) is 4.99. The number of hydrogen-bond acceptors (Lipinski definition) is 2. The lowest BCUT2D eigenvalue weighted by Crippen LogP contribution is -2.35. The molecule has 1 aromatic rings. The molecule has 0 radical (unpaired) electrons. The van der Waals surface area contributed by atoms with Crippen molar-refractivity contribution in [3.63, 3.8) is 0 Å². The number of hydrogen-bond donors (Lipinski definition) is 1. The van der Waals surface area contributed by atoms with Crippen molar-refractivity contribution in [2.24, 2.45) is 5.92 Å². The first-order chi connectivity index (χ1) is 9.85. The Morgan fingerprint density at radius 3 is 2.67 bits per heavy atom. The summed E-state index contributed by atoms with van der Waals surface area (Å²) in [5.74, 6) is 0.672. The van der Waals surface area contributed by atoms with E-state index in [-0.39, 0.29) is 11.4 Å². The Morgan fingerprint density at radius 2 is 2.00 bits per heavy atom. The van der Waals surface area contributed by atoms with Crippen LogP contribution in [0, 0.1) is 11.7 Å². The molecule has 1 aliphatic heterocycles. The van der Waals surface area contributed by atoms with Crippen molar-refractivity contribution in [1.29, 1.82) is 0 Å². The van der Waals surface area contributed by atoms with E-state index in [2.05, 4.69) is 37.9 Å². The monoisotopic (exact) mass is 292 g/mol. The van der Waals surface area contributed by atoms with Crippen LogP contribution in [0.4, 0.5) is 10.1 Å². The molecule has 21 heavy (non-hydrogen) atoms. The number of halogens is 1. The van der Waals surface area contributed by atoms with Gasteiger partial charge in [-0.15, -0.1) is 0 Å². The van der Waals surface area contributed by atoms with Crippen LogP contribution in [0.25, 0.3) is 0 Å². The van der Waals surface area contributed by atoms with Crippen LogP contribution < -0.4 is 10.2 Å². The average molecular weight is 292 g/mol. The van der Waals surface area contributed by atoms with E-state index in [9.17, 15) is 4.39 Å². The second kappa shape index (κ2) is 6.78. The maximum absolute atomic E-state index is 14.4. The summed E-state index contributed by atoms with van der Waals surface area (Å²) in [5.41, 5.74) is 1.83. The predicted molar refractivity (Wildman–Crippen MR) is 88.2 cm³/mol. The highest BCUT2D eigenvalue weighted by molar-refractivity contribution is 5.49. The molecule has 0 saturated carbocycles. The van der Waals surface area contributed by atoms with Crippen molar-refractivity contribution >= 4 is 5.69 Å². The molecule has 3 heteroatoms. The van der Waals surface area contributed by atoms with Crippen LogP contribution in [0.2, 0.25) is 0 Å². The lowest BCUT2D eigenvalue weighted by atomic mass is 10.0. The summed E-state index contributed by atoms with van der Waals surface area (Å²) < 4.78 is 14.4. The first-order valence-corrected chi connectivity index (χ1v) is 8.13. The first-order valence-electron chi connectivity index (χ1n) is 8.13. The van der Waals surface area contributed by atoms with E-state index >= 15 is 0 Å². The number of nitrogens with zero attached hydrogens (tertiary/aromatic N) is 1. The summed E-state index contributed by atoms with van der Waals surface area (Å²) >= 11 is 0. The fraction of sp³-hybridized carbons (Fsp3) is 0.667. The van der Waals surface area contributed by atoms with Crippen LogP contribution >= 0.6 is 0 Å². The molecule has 0 aromatic heterocycles. The van der Waals surface area contributed by atoms with Gasteiger partial charge in [-0.25, -0.2) is 4.39 Å². The van der Waals surface area contributed by atoms with Gasteiger partial charge in [0, 0.05) is 25.2 Å². The zero-order valence-electron chi connectivity index (χ0n) is 13.9. The molecule has 1 aromatic carbocycles. The predicted octanol–water partition coefficient (Wildman–Crippen LogP) is 4.34. The fourth-order valence-electron chi connectivity index (χ4n) is 2.79. The number of benzene rings is 1. The van der Waals surface area contributed by atoms with Gasteiger partial charge in [-0.3, -0.25) is 0 Å². The van der Waals surface area contributed by atoms with E-state index < -0.39 is 0 Å². The zero-order chi connectivity index (χ0) is 15.5. The quantitative estimate of drug-likeness (QED) is 0.891. The first kappa shape index (κ1) is 16.3. The highest BCUT2D eigenvalue weighted by Crippen LogP contribution is 2.25. The molecule has 0 aliphatic carbocycles.